The maximum atomic E-state index is 13.3. The van der Waals surface area contributed by atoms with E-state index < -0.39 is 5.97 Å². The number of pyridine rings is 1. The van der Waals surface area contributed by atoms with Gasteiger partial charge in [-0.25, -0.2) is 0 Å². The first-order chi connectivity index (χ1) is 16.0. The quantitative estimate of drug-likeness (QED) is 0.334. The van der Waals surface area contributed by atoms with Gasteiger partial charge in [-0.15, -0.1) is 11.8 Å². The highest BCUT2D eigenvalue weighted by molar-refractivity contribution is 7.98. The van der Waals surface area contributed by atoms with Crippen LogP contribution in [0.3, 0.4) is 0 Å². The van der Waals surface area contributed by atoms with E-state index in [0.717, 1.165) is 27.3 Å². The van der Waals surface area contributed by atoms with E-state index in [4.69, 9.17) is 5.11 Å². The fourth-order valence-electron chi connectivity index (χ4n) is 3.55. The molecule has 0 radical (unpaired) electrons. The third-order valence-electron chi connectivity index (χ3n) is 5.17. The van der Waals surface area contributed by atoms with E-state index in [0.29, 0.717) is 16.8 Å². The number of nitrogens with one attached hydrogen (secondary N) is 1. The summed E-state index contributed by atoms with van der Waals surface area (Å²) >= 11 is 1.60. The van der Waals surface area contributed by atoms with Crippen LogP contribution in [0, 0.1) is 0 Å². The molecule has 2 N–H and O–H groups in total. The Morgan fingerprint density at radius 1 is 0.909 bits per heavy atom. The maximum Gasteiger partial charge on any atom is 0.307 e. The molecule has 0 fully saturated rings. The van der Waals surface area contributed by atoms with Gasteiger partial charge in [-0.3, -0.25) is 14.6 Å². The molecule has 5 nitrogen and oxygen atoms in total. The lowest BCUT2D eigenvalue weighted by atomic mass is 9.97. The molecule has 0 atom stereocenters. The predicted octanol–water partition coefficient (Wildman–Crippen LogP) is 6.02. The topological polar surface area (TPSA) is 79.3 Å². The lowest BCUT2D eigenvalue weighted by molar-refractivity contribution is -0.136. The van der Waals surface area contributed by atoms with Crippen LogP contribution in [0.5, 0.6) is 0 Å². The molecule has 0 aliphatic carbocycles. The van der Waals surface area contributed by atoms with Gasteiger partial charge in [0.1, 0.15) is 0 Å². The summed E-state index contributed by atoms with van der Waals surface area (Å²) in [6, 6.07) is 26.3. The Balaban J connectivity index is 1.64. The van der Waals surface area contributed by atoms with E-state index >= 15 is 0 Å². The Morgan fingerprint density at radius 3 is 2.42 bits per heavy atom. The largest absolute Gasteiger partial charge is 0.481 e. The first kappa shape index (κ1) is 22.3. The lowest BCUT2D eigenvalue weighted by Crippen LogP contribution is -2.13. The molecule has 0 unspecified atom stereocenters. The Labute approximate surface area is 196 Å². The Kier molecular flexibility index (Phi) is 6.86. The highest BCUT2D eigenvalue weighted by Crippen LogP contribution is 2.30. The number of carbonyl (C=O) groups excluding carboxylic acids is 1. The fourth-order valence-corrected chi connectivity index (χ4v) is 3.99. The number of amides is 1. The summed E-state index contributed by atoms with van der Waals surface area (Å²) in [5, 5.41) is 12.0. The Hall–Kier alpha value is -3.90. The number of rotatable bonds is 7. The molecule has 0 saturated heterocycles. The average molecular weight is 455 g/mol. The van der Waals surface area contributed by atoms with Gasteiger partial charge >= 0.3 is 5.97 Å². The minimum absolute atomic E-state index is 0.0366. The molecule has 1 heterocycles. The first-order valence-electron chi connectivity index (χ1n) is 10.4. The van der Waals surface area contributed by atoms with Gasteiger partial charge in [0.15, 0.2) is 0 Å². The van der Waals surface area contributed by atoms with Crippen molar-refractivity contribution in [3.05, 3.63) is 102 Å². The molecule has 0 aliphatic heterocycles. The first-order valence-corrected chi connectivity index (χ1v) is 11.6. The molecular formula is C27H22N2O3S. The van der Waals surface area contributed by atoms with Gasteiger partial charge in [0, 0.05) is 27.9 Å². The second kappa shape index (κ2) is 10.1. The number of carboxylic acids is 1. The van der Waals surface area contributed by atoms with Gasteiger partial charge in [-0.2, -0.15) is 0 Å². The van der Waals surface area contributed by atoms with Gasteiger partial charge in [0.25, 0.3) is 5.91 Å². The van der Waals surface area contributed by atoms with Gasteiger partial charge in [-0.1, -0.05) is 42.5 Å². The van der Waals surface area contributed by atoms with E-state index in [9.17, 15) is 9.59 Å². The van der Waals surface area contributed by atoms with Crippen LogP contribution in [0.2, 0.25) is 0 Å². The minimum atomic E-state index is -0.875. The molecule has 0 bridgehead atoms. The van der Waals surface area contributed by atoms with Crippen molar-refractivity contribution in [1.82, 2.24) is 4.98 Å². The molecule has 33 heavy (non-hydrogen) atoms. The van der Waals surface area contributed by atoms with Crippen molar-refractivity contribution in [2.24, 2.45) is 0 Å². The number of hydrogen-bond acceptors (Lipinski definition) is 4. The van der Waals surface area contributed by atoms with Crippen LogP contribution in [0.25, 0.3) is 22.4 Å². The number of hydrogen-bond donors (Lipinski definition) is 2. The molecule has 0 aliphatic rings. The van der Waals surface area contributed by atoms with Crippen LogP contribution in [0.15, 0.2) is 96.0 Å². The molecule has 3 aromatic carbocycles. The van der Waals surface area contributed by atoms with Crippen LogP contribution < -0.4 is 5.32 Å². The SMILES string of the molecule is CSc1ccc(C(=O)Nc2cccc(-c3ccccn3)c2)c(-c2ccc(CC(=O)O)cc2)c1. The van der Waals surface area contributed by atoms with Crippen LogP contribution in [-0.2, 0) is 11.2 Å². The van der Waals surface area contributed by atoms with E-state index in [1.807, 2.05) is 79.1 Å². The summed E-state index contributed by atoms with van der Waals surface area (Å²) in [4.78, 5) is 29.6. The van der Waals surface area contributed by atoms with Gasteiger partial charge in [0.2, 0.25) is 0 Å². The predicted molar refractivity (Wildman–Crippen MR) is 133 cm³/mol. The van der Waals surface area contributed by atoms with Crippen LogP contribution in [0.4, 0.5) is 5.69 Å². The molecule has 0 saturated carbocycles. The number of carboxylic acid groups (broad SMARTS) is 1. The van der Waals surface area contributed by atoms with Crippen molar-refractivity contribution >= 4 is 29.3 Å². The number of benzene rings is 3. The average Bonchev–Trinajstić information content (AvgIpc) is 2.84. The van der Waals surface area contributed by atoms with Crippen molar-refractivity contribution in [2.75, 3.05) is 11.6 Å². The molecule has 0 spiro atoms. The normalized spacial score (nSPS) is 10.6. The number of anilines is 1. The molecular weight excluding hydrogens is 432 g/mol. The number of thioether (sulfide) groups is 1. The van der Waals surface area contributed by atoms with Gasteiger partial charge < -0.3 is 10.4 Å². The lowest BCUT2D eigenvalue weighted by Gasteiger charge is -2.13. The summed E-state index contributed by atoms with van der Waals surface area (Å²) in [5.74, 6) is -1.09. The second-order valence-electron chi connectivity index (χ2n) is 7.43. The number of carbonyl (C=O) groups is 2. The van der Waals surface area contributed by atoms with Crippen LogP contribution in [-0.4, -0.2) is 28.2 Å². The number of aromatic nitrogens is 1. The third kappa shape index (κ3) is 5.48. The van der Waals surface area contributed by atoms with Crippen molar-refractivity contribution in [2.45, 2.75) is 11.3 Å². The second-order valence-corrected chi connectivity index (χ2v) is 8.31. The van der Waals surface area contributed by atoms with E-state index in [2.05, 4.69) is 10.3 Å². The zero-order chi connectivity index (χ0) is 23.2. The van der Waals surface area contributed by atoms with Gasteiger partial charge in [-0.05, 0) is 65.4 Å². The zero-order valence-electron chi connectivity index (χ0n) is 18.0. The van der Waals surface area contributed by atoms with Crippen molar-refractivity contribution in [3.8, 4) is 22.4 Å². The van der Waals surface area contributed by atoms with E-state index in [-0.39, 0.29) is 12.3 Å². The van der Waals surface area contributed by atoms with Gasteiger partial charge in [0.05, 0.1) is 12.1 Å². The summed E-state index contributed by atoms with van der Waals surface area (Å²) in [6.07, 6.45) is 3.69. The minimum Gasteiger partial charge on any atom is -0.481 e. The summed E-state index contributed by atoms with van der Waals surface area (Å²) in [5.41, 5.74) is 5.33. The Bertz CT molecular complexity index is 1290. The standard InChI is InChI=1S/C27H22N2O3S/c1-33-22-12-13-23(24(17-22)19-10-8-18(9-11-19)15-26(30)31)27(32)29-21-6-4-5-20(16-21)25-7-2-3-14-28-25/h2-14,16-17H,15H2,1H3,(H,29,32)(H,30,31). The van der Waals surface area contributed by atoms with Crippen LogP contribution in [0.1, 0.15) is 15.9 Å². The maximum absolute atomic E-state index is 13.3. The van der Waals surface area contributed by atoms with E-state index in [1.165, 1.54) is 0 Å². The van der Waals surface area contributed by atoms with Crippen molar-refractivity contribution in [3.63, 3.8) is 0 Å². The molecule has 6 heteroatoms. The van der Waals surface area contributed by atoms with Crippen LogP contribution >= 0.6 is 11.8 Å². The van der Waals surface area contributed by atoms with Crippen molar-refractivity contribution < 1.29 is 14.7 Å². The molecule has 4 aromatic rings. The monoisotopic (exact) mass is 454 g/mol. The van der Waals surface area contributed by atoms with Crippen molar-refractivity contribution in [1.29, 1.82) is 0 Å². The molecule has 1 aromatic heterocycles. The van der Waals surface area contributed by atoms with E-state index in [1.54, 1.807) is 30.1 Å². The fraction of sp³-hybridized carbons (Fsp3) is 0.0741. The summed E-state index contributed by atoms with van der Waals surface area (Å²) in [6.45, 7) is 0. The number of nitrogens with zero attached hydrogens (tertiary/aromatic N) is 1. The molecule has 164 valence electrons. The number of aliphatic carboxylic acids is 1. The molecule has 1 amide bonds. The third-order valence-corrected chi connectivity index (χ3v) is 5.90. The smallest absolute Gasteiger partial charge is 0.307 e. The summed E-state index contributed by atoms with van der Waals surface area (Å²) in [7, 11) is 0. The Morgan fingerprint density at radius 2 is 1.73 bits per heavy atom. The zero-order valence-corrected chi connectivity index (χ0v) is 18.8. The highest BCUT2D eigenvalue weighted by Gasteiger charge is 2.15. The summed E-state index contributed by atoms with van der Waals surface area (Å²) < 4.78 is 0. The highest BCUT2D eigenvalue weighted by atomic mass is 32.2. The molecule has 4 rings (SSSR count).